The first-order valence-corrected chi connectivity index (χ1v) is 8.13. The van der Waals surface area contributed by atoms with E-state index in [-0.39, 0.29) is 0 Å². The van der Waals surface area contributed by atoms with Gasteiger partial charge in [-0.25, -0.2) is 0 Å². The Kier molecular flexibility index (Phi) is 7.79. The van der Waals surface area contributed by atoms with E-state index in [1.807, 2.05) is 12.1 Å². The van der Waals surface area contributed by atoms with Gasteiger partial charge in [0.05, 0.1) is 7.11 Å². The van der Waals surface area contributed by atoms with Gasteiger partial charge in [0.15, 0.2) is 0 Å². The molecule has 122 valence electrons. The molecule has 0 saturated heterocycles. The Morgan fingerprint density at radius 2 is 1.73 bits per heavy atom. The molecule has 0 N–H and O–H groups in total. The van der Waals surface area contributed by atoms with Gasteiger partial charge in [0.25, 0.3) is 0 Å². The third-order valence-corrected chi connectivity index (χ3v) is 3.76. The summed E-state index contributed by atoms with van der Waals surface area (Å²) >= 11 is 0. The molecular weight excluding hydrogens is 270 g/mol. The van der Waals surface area contributed by atoms with Crippen LogP contribution in [0.4, 0.5) is 5.69 Å². The lowest BCUT2D eigenvalue weighted by Gasteiger charge is -2.28. The normalized spacial score (nSPS) is 11.5. The van der Waals surface area contributed by atoms with Crippen LogP contribution in [0.5, 0.6) is 5.75 Å². The van der Waals surface area contributed by atoms with Gasteiger partial charge in [-0.1, -0.05) is 23.3 Å². The largest absolute Gasteiger partial charge is 0.497 e. The van der Waals surface area contributed by atoms with Crippen LogP contribution in [0.15, 0.2) is 47.6 Å². The van der Waals surface area contributed by atoms with Crippen molar-refractivity contribution in [1.29, 1.82) is 0 Å². The Hall–Kier alpha value is -1.70. The zero-order valence-corrected chi connectivity index (χ0v) is 15.0. The second-order valence-electron chi connectivity index (χ2n) is 6.31. The van der Waals surface area contributed by atoms with Gasteiger partial charge < -0.3 is 9.64 Å². The predicted octanol–water partition coefficient (Wildman–Crippen LogP) is 5.60. The maximum Gasteiger partial charge on any atom is 0.119 e. The van der Waals surface area contributed by atoms with Gasteiger partial charge in [-0.3, -0.25) is 0 Å². The van der Waals surface area contributed by atoms with E-state index in [1.165, 1.54) is 16.8 Å². The zero-order valence-electron chi connectivity index (χ0n) is 15.0. The second kappa shape index (κ2) is 9.34. The molecule has 0 aliphatic carbocycles. The second-order valence-corrected chi connectivity index (χ2v) is 6.31. The molecule has 2 heteroatoms. The Balaban J connectivity index is 2.69. The van der Waals surface area contributed by atoms with Crippen LogP contribution in [0, 0.1) is 0 Å². The first-order valence-electron chi connectivity index (χ1n) is 8.13. The van der Waals surface area contributed by atoms with Gasteiger partial charge in [0.1, 0.15) is 5.75 Å². The molecule has 0 atom stereocenters. The lowest BCUT2D eigenvalue weighted by atomic mass is 10.1. The fourth-order valence-corrected chi connectivity index (χ4v) is 2.33. The maximum atomic E-state index is 5.24. The van der Waals surface area contributed by atoms with Crippen LogP contribution in [0.1, 0.15) is 47.5 Å². The average Bonchev–Trinajstić information content (AvgIpc) is 2.47. The van der Waals surface area contributed by atoms with Crippen LogP contribution < -0.4 is 9.64 Å². The molecule has 0 heterocycles. The first-order chi connectivity index (χ1) is 10.4. The summed E-state index contributed by atoms with van der Waals surface area (Å²) in [6.45, 7) is 12.0. The van der Waals surface area contributed by atoms with Gasteiger partial charge in [-0.15, -0.1) is 0 Å². The summed E-state index contributed by atoms with van der Waals surface area (Å²) in [5, 5.41) is 0. The standard InChI is InChI=1S/C20H31NO/c1-16(2)8-7-9-18(5)14-15-21(17(3)4)19-10-12-20(22-6)13-11-19/h8,10-14,17H,7,9,15H2,1-6H3/b18-14+. The highest BCUT2D eigenvalue weighted by molar-refractivity contribution is 5.50. The molecule has 0 spiro atoms. The molecule has 22 heavy (non-hydrogen) atoms. The lowest BCUT2D eigenvalue weighted by molar-refractivity contribution is 0.415. The molecule has 0 aromatic heterocycles. The van der Waals surface area contributed by atoms with Crippen LogP contribution >= 0.6 is 0 Å². The molecule has 0 radical (unpaired) electrons. The number of rotatable bonds is 8. The number of methoxy groups -OCH3 is 1. The zero-order chi connectivity index (χ0) is 16.5. The molecule has 0 aliphatic rings. The Labute approximate surface area is 136 Å². The molecule has 1 aromatic carbocycles. The van der Waals surface area contributed by atoms with Crippen LogP contribution in [0.25, 0.3) is 0 Å². The summed E-state index contributed by atoms with van der Waals surface area (Å²) in [5.41, 5.74) is 4.09. The molecule has 0 amide bonds. The Morgan fingerprint density at radius 3 is 2.23 bits per heavy atom. The summed E-state index contributed by atoms with van der Waals surface area (Å²) in [7, 11) is 1.70. The maximum absolute atomic E-state index is 5.24. The number of allylic oxidation sites excluding steroid dienone is 3. The summed E-state index contributed by atoms with van der Waals surface area (Å²) in [4.78, 5) is 2.41. The van der Waals surface area contributed by atoms with Gasteiger partial charge >= 0.3 is 0 Å². The van der Waals surface area contributed by atoms with Crippen molar-refractivity contribution in [3.8, 4) is 5.75 Å². The quantitative estimate of drug-likeness (QED) is 0.579. The topological polar surface area (TPSA) is 12.5 Å². The fourth-order valence-electron chi connectivity index (χ4n) is 2.33. The van der Waals surface area contributed by atoms with Gasteiger partial charge in [-0.2, -0.15) is 0 Å². The van der Waals surface area contributed by atoms with Crippen LogP contribution in [0.2, 0.25) is 0 Å². The monoisotopic (exact) mass is 301 g/mol. The molecule has 0 aliphatic heterocycles. The van der Waals surface area contributed by atoms with Crippen molar-refractivity contribution in [1.82, 2.24) is 0 Å². The Bertz CT molecular complexity index is 493. The lowest BCUT2D eigenvalue weighted by Crippen LogP contribution is -2.30. The summed E-state index contributed by atoms with van der Waals surface area (Å²) in [6.07, 6.45) is 6.93. The SMILES string of the molecule is COc1ccc(N(C/C=C(\C)CCC=C(C)C)C(C)C)cc1. The van der Waals surface area contributed by atoms with E-state index < -0.39 is 0 Å². The van der Waals surface area contributed by atoms with E-state index in [1.54, 1.807) is 7.11 Å². The highest BCUT2D eigenvalue weighted by atomic mass is 16.5. The molecule has 0 saturated carbocycles. The summed E-state index contributed by atoms with van der Waals surface area (Å²) in [5.74, 6) is 0.904. The highest BCUT2D eigenvalue weighted by Gasteiger charge is 2.09. The van der Waals surface area contributed by atoms with E-state index >= 15 is 0 Å². The van der Waals surface area contributed by atoms with Crippen molar-refractivity contribution in [3.63, 3.8) is 0 Å². The van der Waals surface area contributed by atoms with Crippen molar-refractivity contribution in [2.24, 2.45) is 0 Å². The average molecular weight is 301 g/mol. The van der Waals surface area contributed by atoms with Gasteiger partial charge in [0, 0.05) is 18.3 Å². The van der Waals surface area contributed by atoms with E-state index in [0.717, 1.165) is 25.1 Å². The number of nitrogens with zero attached hydrogens (tertiary/aromatic N) is 1. The molecule has 0 unspecified atom stereocenters. The molecule has 0 bridgehead atoms. The van der Waals surface area contributed by atoms with Crippen molar-refractivity contribution in [3.05, 3.63) is 47.6 Å². The highest BCUT2D eigenvalue weighted by Crippen LogP contribution is 2.21. The summed E-state index contributed by atoms with van der Waals surface area (Å²) in [6, 6.07) is 8.78. The van der Waals surface area contributed by atoms with Crippen molar-refractivity contribution in [2.45, 2.75) is 53.5 Å². The number of hydrogen-bond donors (Lipinski definition) is 0. The van der Waals surface area contributed by atoms with E-state index in [9.17, 15) is 0 Å². The fraction of sp³-hybridized carbons (Fsp3) is 0.500. The number of anilines is 1. The molecule has 1 rings (SSSR count). The van der Waals surface area contributed by atoms with Crippen LogP contribution in [-0.2, 0) is 0 Å². The predicted molar refractivity (Wildman–Crippen MR) is 97.9 cm³/mol. The Morgan fingerprint density at radius 1 is 1.09 bits per heavy atom. The number of hydrogen-bond acceptors (Lipinski definition) is 2. The van der Waals surface area contributed by atoms with E-state index in [0.29, 0.717) is 6.04 Å². The van der Waals surface area contributed by atoms with Crippen molar-refractivity contribution >= 4 is 5.69 Å². The molecule has 2 nitrogen and oxygen atoms in total. The number of ether oxygens (including phenoxy) is 1. The third kappa shape index (κ3) is 6.38. The number of benzene rings is 1. The van der Waals surface area contributed by atoms with Gasteiger partial charge in [-0.05, 0) is 71.7 Å². The third-order valence-electron chi connectivity index (χ3n) is 3.76. The smallest absolute Gasteiger partial charge is 0.119 e. The molecule has 1 aromatic rings. The minimum Gasteiger partial charge on any atom is -0.497 e. The van der Waals surface area contributed by atoms with Crippen molar-refractivity contribution < 1.29 is 4.74 Å². The summed E-state index contributed by atoms with van der Waals surface area (Å²) < 4.78 is 5.24. The minimum atomic E-state index is 0.468. The molecule has 0 fully saturated rings. The first kappa shape index (κ1) is 18.3. The van der Waals surface area contributed by atoms with Crippen LogP contribution in [0.3, 0.4) is 0 Å². The van der Waals surface area contributed by atoms with Crippen LogP contribution in [-0.4, -0.2) is 19.7 Å². The molecular formula is C20H31NO. The van der Waals surface area contributed by atoms with Crippen molar-refractivity contribution in [2.75, 3.05) is 18.6 Å². The van der Waals surface area contributed by atoms with Gasteiger partial charge in [0.2, 0.25) is 0 Å². The van der Waals surface area contributed by atoms with E-state index in [2.05, 4.69) is 63.8 Å². The van der Waals surface area contributed by atoms with E-state index in [4.69, 9.17) is 4.74 Å². The minimum absolute atomic E-state index is 0.468.